The van der Waals surface area contributed by atoms with E-state index in [1.54, 1.807) is 12.0 Å². The van der Waals surface area contributed by atoms with Gasteiger partial charge < -0.3 is 14.5 Å². The molecule has 0 spiro atoms. The van der Waals surface area contributed by atoms with Crippen molar-refractivity contribution in [3.63, 3.8) is 0 Å². The lowest BCUT2D eigenvalue weighted by Crippen LogP contribution is -2.38. The van der Waals surface area contributed by atoms with E-state index in [-0.39, 0.29) is 35.4 Å². The maximum absolute atomic E-state index is 12.9. The minimum absolute atomic E-state index is 0.0382. The van der Waals surface area contributed by atoms with Crippen molar-refractivity contribution in [2.75, 3.05) is 33.4 Å². The van der Waals surface area contributed by atoms with Gasteiger partial charge in [0.25, 0.3) is 5.91 Å². The quantitative estimate of drug-likeness (QED) is 0.779. The predicted molar refractivity (Wildman–Crippen MR) is 99.3 cm³/mol. The summed E-state index contributed by atoms with van der Waals surface area (Å²) in [7, 11) is 1.60. The van der Waals surface area contributed by atoms with Crippen LogP contribution in [-0.4, -0.2) is 65.3 Å². The summed E-state index contributed by atoms with van der Waals surface area (Å²) in [6, 6.07) is 8.13. The first-order chi connectivity index (χ1) is 13.6. The van der Waals surface area contributed by atoms with Gasteiger partial charge >= 0.3 is 0 Å². The molecule has 1 aromatic carbocycles. The van der Waals surface area contributed by atoms with Crippen LogP contribution >= 0.6 is 0 Å². The molecule has 2 aliphatic heterocycles. The van der Waals surface area contributed by atoms with Crippen LogP contribution in [-0.2, 0) is 9.53 Å². The molecule has 4 rings (SSSR count). The van der Waals surface area contributed by atoms with E-state index < -0.39 is 0 Å². The van der Waals surface area contributed by atoms with Crippen LogP contribution in [0.5, 0.6) is 0 Å². The standard InChI is InChI=1S/C20H24N4O4/c1-13-5-3-4-6-15(13)19-16-12-23(20(26)17-9-21-28-22-17)10-14(16)11-24(19)18(25)7-8-27-2/h3-6,9,14,16,19H,7-8,10-12H2,1-2H3/t14-,16-,19+/m0/s1. The fourth-order valence-corrected chi connectivity index (χ4v) is 4.54. The topological polar surface area (TPSA) is 88.8 Å². The monoisotopic (exact) mass is 384 g/mol. The Labute approximate surface area is 163 Å². The molecule has 0 unspecified atom stereocenters. The van der Waals surface area contributed by atoms with Crippen LogP contribution in [0.4, 0.5) is 0 Å². The first kappa shape index (κ1) is 18.6. The number of ether oxygens (including phenoxy) is 1. The number of carbonyl (C=O) groups is 2. The number of methoxy groups -OCH3 is 1. The van der Waals surface area contributed by atoms with E-state index in [4.69, 9.17) is 4.74 Å². The SMILES string of the molecule is COCCC(=O)N1C[C@@H]2CN(C(=O)c3cnon3)C[C@@H]2[C@H]1c1ccccc1C. The highest BCUT2D eigenvalue weighted by molar-refractivity contribution is 5.92. The second-order valence-electron chi connectivity index (χ2n) is 7.52. The minimum atomic E-state index is -0.170. The highest BCUT2D eigenvalue weighted by Crippen LogP contribution is 2.46. The molecular formula is C20H24N4O4. The van der Waals surface area contributed by atoms with E-state index in [0.717, 1.165) is 11.1 Å². The molecule has 2 aliphatic rings. The fraction of sp³-hybridized carbons (Fsp3) is 0.500. The number of carbonyl (C=O) groups excluding carboxylic acids is 2. The molecule has 0 saturated carbocycles. The van der Waals surface area contributed by atoms with Gasteiger partial charge in [0.2, 0.25) is 5.91 Å². The van der Waals surface area contributed by atoms with Crippen molar-refractivity contribution in [2.45, 2.75) is 19.4 Å². The second-order valence-corrected chi connectivity index (χ2v) is 7.52. The molecule has 0 aliphatic carbocycles. The lowest BCUT2D eigenvalue weighted by atomic mass is 9.87. The third-order valence-corrected chi connectivity index (χ3v) is 5.88. The molecule has 8 nitrogen and oxygen atoms in total. The predicted octanol–water partition coefficient (Wildman–Crippen LogP) is 1.69. The zero-order chi connectivity index (χ0) is 19.7. The van der Waals surface area contributed by atoms with Crippen LogP contribution in [0.3, 0.4) is 0 Å². The Morgan fingerprint density at radius 1 is 1.25 bits per heavy atom. The molecule has 28 heavy (non-hydrogen) atoms. The Balaban J connectivity index is 1.60. The summed E-state index contributed by atoms with van der Waals surface area (Å²) in [5, 5.41) is 7.19. The summed E-state index contributed by atoms with van der Waals surface area (Å²) >= 11 is 0. The highest BCUT2D eigenvalue weighted by Gasteiger charge is 2.50. The molecule has 2 aromatic rings. The number of fused-ring (bicyclic) bond motifs is 1. The molecule has 3 atom stereocenters. The molecular weight excluding hydrogens is 360 g/mol. The first-order valence-electron chi connectivity index (χ1n) is 9.51. The zero-order valence-electron chi connectivity index (χ0n) is 16.1. The van der Waals surface area contributed by atoms with E-state index >= 15 is 0 Å². The largest absolute Gasteiger partial charge is 0.384 e. The number of hydrogen-bond acceptors (Lipinski definition) is 6. The van der Waals surface area contributed by atoms with Crippen molar-refractivity contribution < 1.29 is 19.0 Å². The van der Waals surface area contributed by atoms with Crippen LogP contribution in [0, 0.1) is 18.8 Å². The van der Waals surface area contributed by atoms with Crippen molar-refractivity contribution >= 4 is 11.8 Å². The van der Waals surface area contributed by atoms with E-state index in [0.29, 0.717) is 32.7 Å². The number of benzene rings is 1. The highest BCUT2D eigenvalue weighted by atomic mass is 16.6. The van der Waals surface area contributed by atoms with Gasteiger partial charge in [-0.3, -0.25) is 9.59 Å². The zero-order valence-corrected chi connectivity index (χ0v) is 16.1. The van der Waals surface area contributed by atoms with Crippen molar-refractivity contribution in [1.82, 2.24) is 20.1 Å². The maximum atomic E-state index is 12.9. The number of likely N-dealkylation sites (tertiary alicyclic amines) is 2. The smallest absolute Gasteiger partial charge is 0.277 e. The van der Waals surface area contributed by atoms with Gasteiger partial charge in [-0.05, 0) is 23.2 Å². The summed E-state index contributed by atoms with van der Waals surface area (Å²) in [5.41, 5.74) is 2.53. The van der Waals surface area contributed by atoms with Gasteiger partial charge in [-0.1, -0.05) is 29.4 Å². The molecule has 2 fully saturated rings. The number of rotatable bonds is 5. The molecule has 8 heteroatoms. The van der Waals surface area contributed by atoms with Crippen molar-refractivity contribution in [3.05, 3.63) is 47.3 Å². The number of hydrogen-bond donors (Lipinski definition) is 0. The summed E-state index contributed by atoms with van der Waals surface area (Å²) in [6.07, 6.45) is 1.71. The van der Waals surface area contributed by atoms with Crippen molar-refractivity contribution in [3.8, 4) is 0 Å². The summed E-state index contributed by atoms with van der Waals surface area (Å²) in [6.45, 7) is 4.32. The third-order valence-electron chi connectivity index (χ3n) is 5.88. The van der Waals surface area contributed by atoms with Gasteiger partial charge in [0.05, 0.1) is 19.1 Å². The lowest BCUT2D eigenvalue weighted by molar-refractivity contribution is -0.133. The normalized spacial score (nSPS) is 23.9. The van der Waals surface area contributed by atoms with E-state index in [9.17, 15) is 9.59 Å². The molecule has 1 aromatic heterocycles. The van der Waals surface area contributed by atoms with Crippen LogP contribution in [0.15, 0.2) is 35.1 Å². The summed E-state index contributed by atoms with van der Waals surface area (Å²) < 4.78 is 9.67. The van der Waals surface area contributed by atoms with Gasteiger partial charge in [-0.15, -0.1) is 0 Å². The average Bonchev–Trinajstić information content (AvgIpc) is 3.42. The van der Waals surface area contributed by atoms with E-state index in [1.165, 1.54) is 6.20 Å². The average molecular weight is 384 g/mol. The molecule has 0 bridgehead atoms. The van der Waals surface area contributed by atoms with Crippen LogP contribution in [0.25, 0.3) is 0 Å². The van der Waals surface area contributed by atoms with Gasteiger partial charge in [-0.25, -0.2) is 4.63 Å². The first-order valence-corrected chi connectivity index (χ1v) is 9.51. The van der Waals surface area contributed by atoms with Crippen LogP contribution < -0.4 is 0 Å². The van der Waals surface area contributed by atoms with Gasteiger partial charge in [0, 0.05) is 38.6 Å². The Kier molecular flexibility index (Phi) is 5.13. The second kappa shape index (κ2) is 7.71. The Morgan fingerprint density at radius 2 is 2.07 bits per heavy atom. The number of aromatic nitrogens is 2. The lowest BCUT2D eigenvalue weighted by Gasteiger charge is -2.31. The van der Waals surface area contributed by atoms with Crippen LogP contribution in [0.2, 0.25) is 0 Å². The Morgan fingerprint density at radius 3 is 2.79 bits per heavy atom. The number of aryl methyl sites for hydroxylation is 1. The fourth-order valence-electron chi connectivity index (χ4n) is 4.54. The summed E-state index contributed by atoms with van der Waals surface area (Å²) in [4.78, 5) is 29.3. The molecule has 148 valence electrons. The minimum Gasteiger partial charge on any atom is -0.384 e. The Hall–Kier alpha value is -2.74. The maximum Gasteiger partial charge on any atom is 0.277 e. The third kappa shape index (κ3) is 3.28. The summed E-state index contributed by atoms with van der Waals surface area (Å²) in [5.74, 6) is 0.357. The molecule has 0 N–H and O–H groups in total. The Bertz CT molecular complexity index is 854. The molecule has 0 radical (unpaired) electrons. The molecule has 2 amide bonds. The van der Waals surface area contributed by atoms with Crippen molar-refractivity contribution in [1.29, 1.82) is 0 Å². The van der Waals surface area contributed by atoms with Crippen molar-refractivity contribution in [2.24, 2.45) is 11.8 Å². The molecule has 2 saturated heterocycles. The van der Waals surface area contributed by atoms with Gasteiger partial charge in [-0.2, -0.15) is 0 Å². The van der Waals surface area contributed by atoms with E-state index in [2.05, 4.69) is 34.0 Å². The molecule has 3 heterocycles. The van der Waals surface area contributed by atoms with E-state index in [1.807, 2.05) is 17.0 Å². The number of nitrogens with zero attached hydrogens (tertiary/aromatic N) is 4. The van der Waals surface area contributed by atoms with Crippen LogP contribution in [0.1, 0.15) is 34.1 Å². The van der Waals surface area contributed by atoms with Gasteiger partial charge in [0.15, 0.2) is 5.69 Å². The van der Waals surface area contributed by atoms with Gasteiger partial charge in [0.1, 0.15) is 6.20 Å². The number of amides is 2.